The summed E-state index contributed by atoms with van der Waals surface area (Å²) in [6, 6.07) is 12.5. The molecule has 1 unspecified atom stereocenters. The number of carbonyl (C=O) groups is 2. The van der Waals surface area contributed by atoms with Crippen molar-refractivity contribution < 1.29 is 14.7 Å². The van der Waals surface area contributed by atoms with Crippen LogP contribution >= 0.6 is 15.9 Å². The molecule has 140 valence electrons. The van der Waals surface area contributed by atoms with Gasteiger partial charge in [-0.3, -0.25) is 9.59 Å². The van der Waals surface area contributed by atoms with E-state index < -0.39 is 17.7 Å². The molecule has 1 N–H and O–H groups in total. The molecule has 2 aromatic carbocycles. The van der Waals surface area contributed by atoms with Crippen LogP contribution in [0.2, 0.25) is 0 Å². The molecule has 0 saturated carbocycles. The van der Waals surface area contributed by atoms with E-state index >= 15 is 0 Å². The molecule has 1 amide bonds. The van der Waals surface area contributed by atoms with Crippen LogP contribution in [0.4, 0.5) is 0 Å². The van der Waals surface area contributed by atoms with Gasteiger partial charge in [0, 0.05) is 16.6 Å². The van der Waals surface area contributed by atoms with Crippen molar-refractivity contribution in [1.82, 2.24) is 4.90 Å². The summed E-state index contributed by atoms with van der Waals surface area (Å²) in [6.07, 6.45) is 0.729. The molecular weight excluding hydrogens is 406 g/mol. The highest BCUT2D eigenvalue weighted by atomic mass is 79.9. The fourth-order valence-electron chi connectivity index (χ4n) is 3.52. The lowest BCUT2D eigenvalue weighted by atomic mass is 9.92. The molecule has 0 spiro atoms. The van der Waals surface area contributed by atoms with Gasteiger partial charge in [0.15, 0.2) is 0 Å². The summed E-state index contributed by atoms with van der Waals surface area (Å²) in [5, 5.41) is 11.0. The zero-order valence-corrected chi connectivity index (χ0v) is 17.2. The normalized spacial score (nSPS) is 19.0. The molecule has 27 heavy (non-hydrogen) atoms. The first-order valence-corrected chi connectivity index (χ1v) is 9.76. The Hall–Kier alpha value is -2.40. The number of aliphatic hydroxyl groups is 1. The molecular formula is C22H22BrNO3. The number of hydrogen-bond acceptors (Lipinski definition) is 3. The standard InChI is InChI=1S/C22H22BrNO3/c1-4-11-24-19(16-8-6-5-7-13(16)2)18(21(26)22(24)27)20(25)15-9-10-17(23)14(3)12-15/h5-10,12,19,25H,4,11H2,1-3H3/b20-18+. The summed E-state index contributed by atoms with van der Waals surface area (Å²) in [6.45, 7) is 6.28. The molecule has 1 fully saturated rings. The Labute approximate surface area is 167 Å². The van der Waals surface area contributed by atoms with E-state index in [1.807, 2.05) is 57.2 Å². The van der Waals surface area contributed by atoms with Crippen LogP contribution in [-0.2, 0) is 9.59 Å². The number of aryl methyl sites for hydroxylation is 2. The molecule has 1 heterocycles. The van der Waals surface area contributed by atoms with Crippen molar-refractivity contribution >= 4 is 33.4 Å². The van der Waals surface area contributed by atoms with Crippen LogP contribution in [0, 0.1) is 13.8 Å². The second-order valence-corrected chi connectivity index (χ2v) is 7.67. The van der Waals surface area contributed by atoms with Crippen molar-refractivity contribution in [2.24, 2.45) is 0 Å². The number of ketones is 1. The van der Waals surface area contributed by atoms with Crippen LogP contribution in [-0.4, -0.2) is 28.2 Å². The molecule has 0 radical (unpaired) electrons. The molecule has 1 atom stereocenters. The molecule has 3 rings (SSSR count). The Morgan fingerprint density at radius 1 is 1.11 bits per heavy atom. The number of hydrogen-bond donors (Lipinski definition) is 1. The van der Waals surface area contributed by atoms with Gasteiger partial charge in [-0.1, -0.05) is 53.2 Å². The smallest absolute Gasteiger partial charge is 0.295 e. The number of benzene rings is 2. The van der Waals surface area contributed by atoms with Crippen LogP contribution in [0.5, 0.6) is 0 Å². The van der Waals surface area contributed by atoms with E-state index in [1.165, 1.54) is 0 Å². The van der Waals surface area contributed by atoms with Gasteiger partial charge < -0.3 is 10.0 Å². The summed E-state index contributed by atoms with van der Waals surface area (Å²) in [5.41, 5.74) is 3.46. The van der Waals surface area contributed by atoms with Crippen LogP contribution in [0.25, 0.3) is 5.76 Å². The molecule has 0 bridgehead atoms. The first kappa shape index (κ1) is 19.4. The summed E-state index contributed by atoms with van der Waals surface area (Å²) >= 11 is 3.44. The molecule has 0 aromatic heterocycles. The highest BCUT2D eigenvalue weighted by Gasteiger charge is 2.46. The predicted octanol–water partition coefficient (Wildman–Crippen LogP) is 4.90. The third-order valence-electron chi connectivity index (χ3n) is 4.92. The van der Waals surface area contributed by atoms with E-state index in [4.69, 9.17) is 0 Å². The SMILES string of the molecule is CCCN1C(=O)C(=O)/C(=C(/O)c2ccc(Br)c(C)c2)C1c1ccccc1C. The van der Waals surface area contributed by atoms with Gasteiger partial charge in [0.1, 0.15) is 5.76 Å². The number of rotatable bonds is 4. The minimum atomic E-state index is -0.630. The van der Waals surface area contributed by atoms with Crippen molar-refractivity contribution in [3.05, 3.63) is 74.8 Å². The van der Waals surface area contributed by atoms with Gasteiger partial charge in [0.25, 0.3) is 11.7 Å². The highest BCUT2D eigenvalue weighted by molar-refractivity contribution is 9.10. The van der Waals surface area contributed by atoms with Gasteiger partial charge in [-0.05, 0) is 49.1 Å². The summed E-state index contributed by atoms with van der Waals surface area (Å²) < 4.78 is 0.918. The second-order valence-electron chi connectivity index (χ2n) is 6.81. The third kappa shape index (κ3) is 3.44. The number of likely N-dealkylation sites (tertiary alicyclic amines) is 1. The van der Waals surface area contributed by atoms with Gasteiger partial charge in [-0.25, -0.2) is 0 Å². The minimum Gasteiger partial charge on any atom is -0.507 e. The van der Waals surface area contributed by atoms with E-state index in [0.717, 1.165) is 27.6 Å². The molecule has 1 aliphatic heterocycles. The number of aliphatic hydroxyl groups excluding tert-OH is 1. The number of Topliss-reactive ketones (excluding diaryl/α,β-unsaturated/α-hetero) is 1. The summed E-state index contributed by atoms with van der Waals surface area (Å²) in [5.74, 6) is -1.31. The summed E-state index contributed by atoms with van der Waals surface area (Å²) in [4.78, 5) is 27.1. The van der Waals surface area contributed by atoms with Gasteiger partial charge in [0.2, 0.25) is 0 Å². The number of halogens is 1. The Kier molecular flexibility index (Phi) is 5.51. The lowest BCUT2D eigenvalue weighted by molar-refractivity contribution is -0.139. The molecule has 1 saturated heterocycles. The van der Waals surface area contributed by atoms with E-state index in [2.05, 4.69) is 15.9 Å². The van der Waals surface area contributed by atoms with Gasteiger partial charge in [-0.2, -0.15) is 0 Å². The molecule has 2 aromatic rings. The van der Waals surface area contributed by atoms with Crippen LogP contribution in [0.3, 0.4) is 0 Å². The molecule has 0 aliphatic carbocycles. The lowest BCUT2D eigenvalue weighted by Gasteiger charge is -2.26. The largest absolute Gasteiger partial charge is 0.507 e. The Morgan fingerprint density at radius 3 is 2.44 bits per heavy atom. The molecule has 1 aliphatic rings. The maximum absolute atomic E-state index is 12.8. The highest BCUT2D eigenvalue weighted by Crippen LogP contribution is 2.40. The first-order chi connectivity index (χ1) is 12.9. The zero-order chi connectivity index (χ0) is 19.7. The van der Waals surface area contributed by atoms with Gasteiger partial charge in [-0.15, -0.1) is 0 Å². The van der Waals surface area contributed by atoms with Crippen LogP contribution in [0.15, 0.2) is 52.5 Å². The van der Waals surface area contributed by atoms with Crippen molar-refractivity contribution in [3.8, 4) is 0 Å². The Bertz CT molecular complexity index is 948. The van der Waals surface area contributed by atoms with E-state index in [1.54, 1.807) is 11.0 Å². The van der Waals surface area contributed by atoms with Crippen LogP contribution in [0.1, 0.15) is 41.6 Å². The number of amides is 1. The van der Waals surface area contributed by atoms with Crippen molar-refractivity contribution in [2.75, 3.05) is 6.54 Å². The topological polar surface area (TPSA) is 57.6 Å². The minimum absolute atomic E-state index is 0.129. The predicted molar refractivity (Wildman–Crippen MR) is 109 cm³/mol. The molecule has 5 heteroatoms. The maximum atomic E-state index is 12.8. The lowest BCUT2D eigenvalue weighted by Crippen LogP contribution is -2.30. The number of nitrogens with zero attached hydrogens (tertiary/aromatic N) is 1. The second kappa shape index (κ2) is 7.69. The van der Waals surface area contributed by atoms with Gasteiger partial charge in [0.05, 0.1) is 11.6 Å². The average Bonchev–Trinajstić information content (AvgIpc) is 2.89. The van der Waals surface area contributed by atoms with E-state index in [9.17, 15) is 14.7 Å². The van der Waals surface area contributed by atoms with Crippen molar-refractivity contribution in [3.63, 3.8) is 0 Å². The monoisotopic (exact) mass is 427 g/mol. The van der Waals surface area contributed by atoms with E-state index in [0.29, 0.717) is 12.1 Å². The Morgan fingerprint density at radius 2 is 1.81 bits per heavy atom. The van der Waals surface area contributed by atoms with Gasteiger partial charge >= 0.3 is 0 Å². The first-order valence-electron chi connectivity index (χ1n) is 8.97. The quantitative estimate of drug-likeness (QED) is 0.428. The fourth-order valence-corrected chi connectivity index (χ4v) is 3.76. The van der Waals surface area contributed by atoms with E-state index in [-0.39, 0.29) is 11.3 Å². The molecule has 4 nitrogen and oxygen atoms in total. The van der Waals surface area contributed by atoms with Crippen molar-refractivity contribution in [2.45, 2.75) is 33.2 Å². The average molecular weight is 428 g/mol. The number of carbonyl (C=O) groups excluding carboxylic acids is 2. The fraction of sp³-hybridized carbons (Fsp3) is 0.273. The zero-order valence-electron chi connectivity index (χ0n) is 15.6. The van der Waals surface area contributed by atoms with Crippen LogP contribution < -0.4 is 0 Å². The maximum Gasteiger partial charge on any atom is 0.295 e. The third-order valence-corrected chi connectivity index (χ3v) is 5.81. The van der Waals surface area contributed by atoms with Crippen molar-refractivity contribution in [1.29, 1.82) is 0 Å². The summed E-state index contributed by atoms with van der Waals surface area (Å²) in [7, 11) is 0. The Balaban J connectivity index is 2.23.